The zero-order valence-corrected chi connectivity index (χ0v) is 53.1. The van der Waals surface area contributed by atoms with Crippen LogP contribution in [-0.2, 0) is 38.1 Å². The van der Waals surface area contributed by atoms with E-state index in [1.807, 2.05) is 27.7 Å². The van der Waals surface area contributed by atoms with Crippen molar-refractivity contribution in [3.8, 4) is 12.1 Å². The smallest absolute Gasteiger partial charge is 0.349 e. The summed E-state index contributed by atoms with van der Waals surface area (Å²) in [6.07, 6.45) is 13.1. The molecule has 0 atom stereocenters. The monoisotopic (exact) mass is 1160 g/mol. The summed E-state index contributed by atoms with van der Waals surface area (Å²) >= 11 is 0. The van der Waals surface area contributed by atoms with Crippen molar-refractivity contribution in [3.05, 3.63) is 113 Å². The molecule has 4 fully saturated rings. The Morgan fingerprint density at radius 3 is 0.871 bits per heavy atom. The standard InChI is InChI=1S/C69H92N8O8/c1-45-49(31-65(5,6)35-55(45)74-23-15-16-24-74)53(39-70)61(78)82-41-69(42-83-62(79)54(40-71)50-32-66(7,8)36-56(46(50)2)75-25-17-18-26-75,43-84-63(80)59(72-13)51-33-67(9,10)37-57(47(51)3)76-27-19-20-28-76)44-85-64(81)60(73-14)52-34-68(11,12)38-58(48(52)4)77-29-21-22-30-77/h15-38,41-44H2,1-12H3/b53-49+,54-50+,59-51-,60-52+. The lowest BCUT2D eigenvalue weighted by molar-refractivity contribution is -0.165. The number of esters is 4. The summed E-state index contributed by atoms with van der Waals surface area (Å²) in [5, 5.41) is 21.9. The number of carbonyl (C=O) groups is 4. The molecule has 0 spiro atoms. The molecule has 4 saturated heterocycles. The molecule has 16 nitrogen and oxygen atoms in total. The molecule has 0 aromatic heterocycles. The van der Waals surface area contributed by atoms with Crippen LogP contribution in [0.3, 0.4) is 0 Å². The Labute approximate surface area is 506 Å². The van der Waals surface area contributed by atoms with Gasteiger partial charge in [0.05, 0.1) is 13.1 Å². The first-order valence-corrected chi connectivity index (χ1v) is 31.1. The van der Waals surface area contributed by atoms with Gasteiger partial charge in [0, 0.05) is 75.1 Å². The summed E-state index contributed by atoms with van der Waals surface area (Å²) in [6.45, 7) is 45.8. The lowest BCUT2D eigenvalue weighted by atomic mass is 9.72. The van der Waals surface area contributed by atoms with Crippen molar-refractivity contribution >= 4 is 23.9 Å². The maximum atomic E-state index is 14.9. The quantitative estimate of drug-likeness (QED) is 0.0469. The number of hydrogen-bond donors (Lipinski definition) is 0. The van der Waals surface area contributed by atoms with Gasteiger partial charge in [-0.25, -0.2) is 19.3 Å². The largest absolute Gasteiger partial charge is 0.470 e. The third kappa shape index (κ3) is 14.5. The Kier molecular flexibility index (Phi) is 19.5. The second-order valence-corrected chi connectivity index (χ2v) is 28.7. The molecule has 456 valence electrons. The molecule has 16 heteroatoms. The van der Waals surface area contributed by atoms with Crippen molar-refractivity contribution in [1.29, 1.82) is 10.5 Å². The van der Waals surface area contributed by atoms with E-state index in [0.717, 1.165) is 174 Å². The van der Waals surface area contributed by atoms with Crippen molar-refractivity contribution in [1.82, 2.24) is 19.6 Å². The fourth-order valence-electron chi connectivity index (χ4n) is 14.5. The van der Waals surface area contributed by atoms with Crippen LogP contribution in [0.5, 0.6) is 0 Å². The number of ether oxygens (including phenoxy) is 4. The van der Waals surface area contributed by atoms with Crippen molar-refractivity contribution < 1.29 is 38.1 Å². The number of likely N-dealkylation sites (tertiary alicyclic amines) is 4. The molecule has 0 aromatic rings. The highest BCUT2D eigenvalue weighted by Gasteiger charge is 2.44. The topological polar surface area (TPSA) is 174 Å². The minimum atomic E-state index is -1.94. The average Bonchev–Trinajstić information content (AvgIpc) is 2.57. The zero-order chi connectivity index (χ0) is 61.8. The van der Waals surface area contributed by atoms with E-state index in [-0.39, 0.29) is 44.2 Å². The minimum absolute atomic E-state index is 0.207. The van der Waals surface area contributed by atoms with Crippen LogP contribution in [0.4, 0.5) is 0 Å². The number of nitrogens with zero attached hydrogens (tertiary/aromatic N) is 8. The van der Waals surface area contributed by atoms with Crippen molar-refractivity contribution in [2.45, 2.75) is 186 Å². The molecule has 0 aromatic carbocycles. The van der Waals surface area contributed by atoms with E-state index in [4.69, 9.17) is 32.1 Å². The van der Waals surface area contributed by atoms with Crippen LogP contribution in [-0.4, -0.2) is 122 Å². The Balaban J connectivity index is 1.24. The van der Waals surface area contributed by atoms with Crippen LogP contribution in [0.25, 0.3) is 9.69 Å². The van der Waals surface area contributed by atoms with Gasteiger partial charge in [0.15, 0.2) is 0 Å². The Bertz CT molecular complexity index is 2730. The van der Waals surface area contributed by atoms with Crippen LogP contribution < -0.4 is 0 Å². The van der Waals surface area contributed by atoms with Crippen LogP contribution in [0.2, 0.25) is 0 Å². The van der Waals surface area contributed by atoms with Gasteiger partial charge in [0.1, 0.15) is 55.1 Å². The minimum Gasteiger partial charge on any atom is -0.470 e. The van der Waals surface area contributed by atoms with Gasteiger partial charge in [-0.2, -0.15) is 10.5 Å². The lowest BCUT2D eigenvalue weighted by Gasteiger charge is -2.39. The Morgan fingerprint density at radius 2 is 0.635 bits per heavy atom. The highest BCUT2D eigenvalue weighted by Crippen LogP contribution is 2.49. The molecule has 0 amide bonds. The number of carbonyl (C=O) groups excluding carboxylic acids is 4. The SMILES string of the molecule is [C-]#[N+]/C(C(=O)OCC(COC(=O)/C(C#N)=C1\CC(C)(C)CC(N2CCCC2)=C1C)(COC(=O)/C(C#N)=C1\CC(C)(C)CC(N2CCCC2)=C1C)COC(=O)/C([N+]#[C-])=C1/CC(C)(C)CC(N2CCCC2)=C1C)=C1/CC(C)(C)CC(N2CCCC2)=C1C. The highest BCUT2D eigenvalue weighted by atomic mass is 16.6. The van der Waals surface area contributed by atoms with Crippen LogP contribution in [0.1, 0.15) is 186 Å². The van der Waals surface area contributed by atoms with Crippen LogP contribution >= 0.6 is 0 Å². The summed E-state index contributed by atoms with van der Waals surface area (Å²) in [5.41, 5.74) is 5.90. The van der Waals surface area contributed by atoms with E-state index in [2.05, 4.69) is 96.8 Å². The van der Waals surface area contributed by atoms with Gasteiger partial charge in [0.25, 0.3) is 11.4 Å². The molecule has 8 aliphatic rings. The second kappa shape index (κ2) is 25.9. The second-order valence-electron chi connectivity index (χ2n) is 28.7. The summed E-state index contributed by atoms with van der Waals surface area (Å²) in [4.78, 5) is 76.5. The summed E-state index contributed by atoms with van der Waals surface area (Å²) in [5.74, 6) is -3.90. The summed E-state index contributed by atoms with van der Waals surface area (Å²) in [7, 11) is 0. The fraction of sp³-hybridized carbons (Fsp3) is 0.652. The van der Waals surface area contributed by atoms with Gasteiger partial charge in [0.2, 0.25) is 0 Å². The maximum Gasteiger partial charge on any atom is 0.349 e. The van der Waals surface area contributed by atoms with Gasteiger partial charge in [-0.15, -0.1) is 0 Å². The van der Waals surface area contributed by atoms with Crippen molar-refractivity contribution in [2.75, 3.05) is 78.8 Å². The third-order valence-electron chi connectivity index (χ3n) is 19.2. The van der Waals surface area contributed by atoms with Gasteiger partial charge in [-0.05, 0) is 197 Å². The van der Waals surface area contributed by atoms with E-state index < -0.39 is 55.7 Å². The van der Waals surface area contributed by atoms with Crippen LogP contribution in [0.15, 0.2) is 89.9 Å². The van der Waals surface area contributed by atoms with E-state index in [1.165, 1.54) is 0 Å². The van der Waals surface area contributed by atoms with E-state index in [1.54, 1.807) is 0 Å². The number of nitriles is 2. The Hall–Kier alpha value is -7.04. The summed E-state index contributed by atoms with van der Waals surface area (Å²) < 4.78 is 25.0. The highest BCUT2D eigenvalue weighted by molar-refractivity contribution is 5.96. The number of rotatable bonds is 16. The van der Waals surface area contributed by atoms with Crippen LogP contribution in [0, 0.1) is 62.9 Å². The van der Waals surface area contributed by atoms with Crippen molar-refractivity contribution in [2.24, 2.45) is 27.1 Å². The molecular weight excluding hydrogens is 1070 g/mol. The van der Waals surface area contributed by atoms with Gasteiger partial charge in [-0.3, -0.25) is 9.59 Å². The normalized spacial score (nSPS) is 24.6. The van der Waals surface area contributed by atoms with Crippen molar-refractivity contribution in [3.63, 3.8) is 0 Å². The van der Waals surface area contributed by atoms with E-state index in [9.17, 15) is 29.7 Å². The number of allylic oxidation sites excluding steroid dienone is 12. The molecular formula is C69H92N8O8. The third-order valence-corrected chi connectivity index (χ3v) is 19.2. The molecule has 0 saturated carbocycles. The first-order valence-electron chi connectivity index (χ1n) is 31.1. The molecule has 4 aliphatic heterocycles. The van der Waals surface area contributed by atoms with E-state index >= 15 is 0 Å². The Morgan fingerprint density at radius 1 is 0.412 bits per heavy atom. The predicted octanol–water partition coefficient (Wildman–Crippen LogP) is 12.9. The molecule has 0 unspecified atom stereocenters. The van der Waals surface area contributed by atoms with Gasteiger partial charge >= 0.3 is 23.9 Å². The zero-order valence-electron chi connectivity index (χ0n) is 53.1. The summed E-state index contributed by atoms with van der Waals surface area (Å²) in [6, 6.07) is 4.34. The molecule has 0 N–H and O–H groups in total. The first kappa shape index (κ1) is 64.0. The van der Waals surface area contributed by atoms with Gasteiger partial charge in [-0.1, -0.05) is 55.4 Å². The number of hydrogen-bond acceptors (Lipinski definition) is 14. The predicted molar refractivity (Wildman–Crippen MR) is 325 cm³/mol. The molecule has 0 radical (unpaired) electrons. The lowest BCUT2D eigenvalue weighted by Crippen LogP contribution is -2.44. The fourth-order valence-corrected chi connectivity index (χ4v) is 14.5. The maximum absolute atomic E-state index is 14.9. The first-order chi connectivity index (χ1) is 40.2. The molecule has 0 bridgehead atoms. The average molecular weight is 1160 g/mol. The molecule has 4 aliphatic carbocycles. The van der Waals surface area contributed by atoms with Gasteiger partial charge < -0.3 is 38.5 Å². The van der Waals surface area contributed by atoms with E-state index in [0.29, 0.717) is 48.0 Å². The molecule has 4 heterocycles. The molecule has 8 rings (SSSR count). The molecule has 85 heavy (non-hydrogen) atoms.